The third-order valence-corrected chi connectivity index (χ3v) is 2.68. The van der Waals surface area contributed by atoms with Crippen LogP contribution < -0.4 is 4.74 Å². The van der Waals surface area contributed by atoms with Crippen LogP contribution in [0.2, 0.25) is 0 Å². The van der Waals surface area contributed by atoms with Gasteiger partial charge in [0.2, 0.25) is 0 Å². The lowest BCUT2D eigenvalue weighted by atomic mass is 10.1. The van der Waals surface area contributed by atoms with Crippen LogP contribution in [0.25, 0.3) is 0 Å². The summed E-state index contributed by atoms with van der Waals surface area (Å²) in [7, 11) is 0. The Bertz CT molecular complexity index is 582. The van der Waals surface area contributed by atoms with Crippen LogP contribution in [0.5, 0.6) is 17.2 Å². The number of nitrogens with zero attached hydrogens (tertiary/aromatic N) is 1. The Labute approximate surface area is 106 Å². The highest BCUT2D eigenvalue weighted by atomic mass is 16.5. The largest absolute Gasteiger partial charge is 0.506 e. The van der Waals surface area contributed by atoms with Crippen molar-refractivity contribution in [2.75, 3.05) is 0 Å². The second-order valence-electron chi connectivity index (χ2n) is 3.86. The first-order chi connectivity index (χ1) is 8.74. The topological polar surface area (TPSA) is 53.2 Å². The van der Waals surface area contributed by atoms with Crippen molar-refractivity contribution in [3.8, 4) is 23.3 Å². The Morgan fingerprint density at radius 2 is 1.89 bits per heavy atom. The van der Waals surface area contributed by atoms with Crippen LogP contribution in [-0.2, 0) is 6.42 Å². The molecule has 0 fully saturated rings. The highest BCUT2D eigenvalue weighted by Crippen LogP contribution is 2.30. The van der Waals surface area contributed by atoms with Crippen molar-refractivity contribution >= 4 is 0 Å². The zero-order chi connectivity index (χ0) is 13.0. The second-order valence-corrected chi connectivity index (χ2v) is 3.86. The zero-order valence-electron chi connectivity index (χ0n) is 10.1. The van der Waals surface area contributed by atoms with Crippen molar-refractivity contribution in [1.29, 1.82) is 5.26 Å². The van der Waals surface area contributed by atoms with E-state index in [-0.39, 0.29) is 11.3 Å². The zero-order valence-corrected chi connectivity index (χ0v) is 10.1. The van der Waals surface area contributed by atoms with E-state index in [0.717, 1.165) is 6.42 Å². The fraction of sp³-hybridized carbons (Fsp3) is 0.133. The van der Waals surface area contributed by atoms with Gasteiger partial charge < -0.3 is 9.84 Å². The molecule has 0 aliphatic rings. The summed E-state index contributed by atoms with van der Waals surface area (Å²) in [4.78, 5) is 0. The predicted octanol–water partition coefficient (Wildman–Crippen LogP) is 3.62. The molecular weight excluding hydrogens is 226 g/mol. The number of nitriles is 1. The van der Waals surface area contributed by atoms with Gasteiger partial charge in [0.1, 0.15) is 28.9 Å². The monoisotopic (exact) mass is 239 g/mol. The first-order valence-electron chi connectivity index (χ1n) is 5.73. The molecule has 2 aromatic carbocycles. The van der Waals surface area contributed by atoms with Crippen molar-refractivity contribution in [2.45, 2.75) is 13.3 Å². The Balaban J connectivity index is 2.28. The molecule has 3 nitrogen and oxygen atoms in total. The van der Waals surface area contributed by atoms with Crippen LogP contribution in [-0.4, -0.2) is 5.11 Å². The third-order valence-electron chi connectivity index (χ3n) is 2.68. The minimum Gasteiger partial charge on any atom is -0.506 e. The minimum atomic E-state index is -0.0693. The normalized spacial score (nSPS) is 9.78. The van der Waals surface area contributed by atoms with Gasteiger partial charge in [-0.05, 0) is 36.2 Å². The molecule has 0 radical (unpaired) electrons. The van der Waals surface area contributed by atoms with Gasteiger partial charge in [-0.15, -0.1) is 0 Å². The molecule has 0 heterocycles. The van der Waals surface area contributed by atoms with Crippen molar-refractivity contribution in [3.63, 3.8) is 0 Å². The van der Waals surface area contributed by atoms with Gasteiger partial charge in [0.15, 0.2) is 0 Å². The number of hydrogen-bond donors (Lipinski definition) is 1. The summed E-state index contributed by atoms with van der Waals surface area (Å²) in [6, 6.07) is 14.4. The van der Waals surface area contributed by atoms with E-state index in [2.05, 4.69) is 6.92 Å². The number of phenols is 1. The molecule has 0 spiro atoms. The molecule has 0 saturated heterocycles. The molecule has 0 bridgehead atoms. The van der Waals surface area contributed by atoms with Crippen LogP contribution in [0, 0.1) is 11.3 Å². The second kappa shape index (κ2) is 5.24. The van der Waals surface area contributed by atoms with Gasteiger partial charge in [0.05, 0.1) is 0 Å². The van der Waals surface area contributed by atoms with E-state index in [1.54, 1.807) is 12.1 Å². The summed E-state index contributed by atoms with van der Waals surface area (Å²) >= 11 is 0. The van der Waals surface area contributed by atoms with Crippen molar-refractivity contribution < 1.29 is 9.84 Å². The van der Waals surface area contributed by atoms with Crippen LogP contribution in [0.1, 0.15) is 18.1 Å². The molecule has 3 heteroatoms. The Hall–Kier alpha value is -2.47. The standard InChI is InChI=1S/C15H13NO2/c1-2-11-6-8-12(9-7-11)18-15-5-3-4-14(17)13(15)10-16/h3-9,17H,2H2,1H3. The number of benzene rings is 2. The summed E-state index contributed by atoms with van der Waals surface area (Å²) in [6.45, 7) is 2.08. The maximum atomic E-state index is 9.55. The summed E-state index contributed by atoms with van der Waals surface area (Å²) in [5.41, 5.74) is 1.37. The van der Waals surface area contributed by atoms with Crippen LogP contribution in [0.4, 0.5) is 0 Å². The number of rotatable bonds is 3. The summed E-state index contributed by atoms with van der Waals surface area (Å²) in [6.07, 6.45) is 0.968. The van der Waals surface area contributed by atoms with Gasteiger partial charge in [0, 0.05) is 0 Å². The minimum absolute atomic E-state index is 0.0693. The van der Waals surface area contributed by atoms with Gasteiger partial charge in [0.25, 0.3) is 0 Å². The van der Waals surface area contributed by atoms with Crippen LogP contribution in [0.3, 0.4) is 0 Å². The molecule has 0 aliphatic carbocycles. The number of phenolic OH excluding ortho intramolecular Hbond substituents is 1. The van der Waals surface area contributed by atoms with Crippen LogP contribution in [0.15, 0.2) is 42.5 Å². The molecule has 0 aromatic heterocycles. The molecule has 0 amide bonds. The van der Waals surface area contributed by atoms with Crippen molar-refractivity contribution in [1.82, 2.24) is 0 Å². The Morgan fingerprint density at radius 3 is 2.50 bits per heavy atom. The third kappa shape index (κ3) is 2.44. The number of hydrogen-bond acceptors (Lipinski definition) is 3. The summed E-state index contributed by atoms with van der Waals surface area (Å²) in [5.74, 6) is 0.941. The van der Waals surface area contributed by atoms with Gasteiger partial charge in [-0.3, -0.25) is 0 Å². The maximum absolute atomic E-state index is 9.55. The fourth-order valence-corrected chi connectivity index (χ4v) is 1.64. The molecular formula is C15H13NO2. The SMILES string of the molecule is CCc1ccc(Oc2cccc(O)c2C#N)cc1. The van der Waals surface area contributed by atoms with Gasteiger partial charge in [-0.25, -0.2) is 0 Å². The molecule has 2 rings (SSSR count). The van der Waals surface area contributed by atoms with Crippen molar-refractivity contribution in [3.05, 3.63) is 53.6 Å². The molecule has 1 N–H and O–H groups in total. The average Bonchev–Trinajstić information content (AvgIpc) is 2.40. The fourth-order valence-electron chi connectivity index (χ4n) is 1.64. The maximum Gasteiger partial charge on any atom is 0.148 e. The van der Waals surface area contributed by atoms with E-state index in [1.165, 1.54) is 11.6 Å². The van der Waals surface area contributed by atoms with Crippen LogP contribution >= 0.6 is 0 Å². The highest BCUT2D eigenvalue weighted by Gasteiger charge is 2.08. The molecule has 0 saturated carbocycles. The summed E-state index contributed by atoms with van der Waals surface area (Å²) < 4.78 is 5.60. The van der Waals surface area contributed by atoms with Crippen molar-refractivity contribution in [2.24, 2.45) is 0 Å². The van der Waals surface area contributed by atoms with E-state index in [1.807, 2.05) is 30.3 Å². The van der Waals surface area contributed by atoms with E-state index < -0.39 is 0 Å². The quantitative estimate of drug-likeness (QED) is 0.890. The number of aryl methyl sites for hydroxylation is 1. The van der Waals surface area contributed by atoms with E-state index in [4.69, 9.17) is 10.00 Å². The first-order valence-corrected chi connectivity index (χ1v) is 5.73. The smallest absolute Gasteiger partial charge is 0.148 e. The molecule has 90 valence electrons. The molecule has 0 atom stereocenters. The van der Waals surface area contributed by atoms with E-state index >= 15 is 0 Å². The van der Waals surface area contributed by atoms with Gasteiger partial charge in [-0.2, -0.15) is 5.26 Å². The number of ether oxygens (including phenoxy) is 1. The Morgan fingerprint density at radius 1 is 1.17 bits per heavy atom. The van der Waals surface area contributed by atoms with E-state index in [0.29, 0.717) is 11.5 Å². The Kier molecular flexibility index (Phi) is 3.49. The van der Waals surface area contributed by atoms with Gasteiger partial charge >= 0.3 is 0 Å². The highest BCUT2D eigenvalue weighted by molar-refractivity contribution is 5.53. The van der Waals surface area contributed by atoms with E-state index in [9.17, 15) is 5.11 Å². The number of aromatic hydroxyl groups is 1. The lowest BCUT2D eigenvalue weighted by molar-refractivity contribution is 0.452. The summed E-state index contributed by atoms with van der Waals surface area (Å²) in [5, 5.41) is 18.5. The lowest BCUT2D eigenvalue weighted by Crippen LogP contribution is -1.89. The average molecular weight is 239 g/mol. The molecule has 0 unspecified atom stereocenters. The molecule has 18 heavy (non-hydrogen) atoms. The lowest BCUT2D eigenvalue weighted by Gasteiger charge is -2.08. The molecule has 2 aromatic rings. The van der Waals surface area contributed by atoms with Gasteiger partial charge in [-0.1, -0.05) is 25.1 Å². The molecule has 0 aliphatic heterocycles. The predicted molar refractivity (Wildman–Crippen MR) is 68.7 cm³/mol. The first kappa shape index (κ1) is 12.0.